The fourth-order valence-electron chi connectivity index (χ4n) is 4.98. The molecule has 4 nitrogen and oxygen atoms in total. The Bertz CT molecular complexity index is 897. The molecule has 0 unspecified atom stereocenters. The van der Waals surface area contributed by atoms with Crippen LogP contribution in [0.4, 0.5) is 0 Å². The summed E-state index contributed by atoms with van der Waals surface area (Å²) in [6.45, 7) is 9.40. The lowest BCUT2D eigenvalue weighted by Crippen LogP contribution is -2.46. The number of benzene rings is 2. The van der Waals surface area contributed by atoms with Crippen LogP contribution < -0.4 is 0 Å². The molecule has 0 aliphatic heterocycles. The number of aliphatic hydroxyl groups excluding tert-OH is 1. The Morgan fingerprint density at radius 2 is 1.62 bits per heavy atom. The molecule has 1 aliphatic carbocycles. The molecule has 5 heteroatoms. The van der Waals surface area contributed by atoms with Gasteiger partial charge in [-0.05, 0) is 85.9 Å². The van der Waals surface area contributed by atoms with E-state index in [4.69, 9.17) is 16.7 Å². The first-order chi connectivity index (χ1) is 16.2. The predicted octanol–water partition coefficient (Wildman–Crippen LogP) is 6.37. The van der Waals surface area contributed by atoms with Crippen molar-refractivity contribution in [3.05, 3.63) is 70.2 Å². The maximum atomic E-state index is 13.4. The van der Waals surface area contributed by atoms with E-state index in [2.05, 4.69) is 61.9 Å². The zero-order valence-corrected chi connectivity index (χ0v) is 22.0. The third kappa shape index (κ3) is 7.83. The van der Waals surface area contributed by atoms with E-state index in [0.29, 0.717) is 10.9 Å². The highest BCUT2D eigenvalue weighted by molar-refractivity contribution is 6.30. The molecule has 1 aliphatic rings. The van der Waals surface area contributed by atoms with E-state index in [1.165, 1.54) is 11.1 Å². The zero-order chi connectivity index (χ0) is 24.7. The first kappa shape index (κ1) is 26.7. The van der Waals surface area contributed by atoms with Crippen LogP contribution in [-0.2, 0) is 6.54 Å². The van der Waals surface area contributed by atoms with Gasteiger partial charge < -0.3 is 14.9 Å². The van der Waals surface area contributed by atoms with E-state index >= 15 is 0 Å². The van der Waals surface area contributed by atoms with Gasteiger partial charge in [-0.1, -0.05) is 56.6 Å². The quantitative estimate of drug-likeness (QED) is 0.449. The summed E-state index contributed by atoms with van der Waals surface area (Å²) in [6.07, 6.45) is 5.09. The zero-order valence-electron chi connectivity index (χ0n) is 21.3. The molecule has 1 amide bonds. The molecule has 0 saturated heterocycles. The van der Waals surface area contributed by atoms with Crippen molar-refractivity contribution < 1.29 is 9.90 Å². The van der Waals surface area contributed by atoms with Gasteiger partial charge in [-0.3, -0.25) is 4.79 Å². The number of hydrogen-bond acceptors (Lipinski definition) is 3. The van der Waals surface area contributed by atoms with E-state index in [0.717, 1.165) is 57.3 Å². The van der Waals surface area contributed by atoms with E-state index in [9.17, 15) is 4.79 Å². The average molecular weight is 485 g/mol. The fraction of sp³-hybridized carbons (Fsp3) is 0.552. The second kappa shape index (κ2) is 12.2. The highest BCUT2D eigenvalue weighted by atomic mass is 35.5. The molecule has 0 heterocycles. The number of nitrogens with zero attached hydrogens (tertiary/aromatic N) is 2. The first-order valence-corrected chi connectivity index (χ1v) is 13.0. The van der Waals surface area contributed by atoms with Crippen molar-refractivity contribution in [2.75, 3.05) is 26.7 Å². The van der Waals surface area contributed by atoms with E-state index in [-0.39, 0.29) is 24.0 Å². The van der Waals surface area contributed by atoms with Gasteiger partial charge in [0.05, 0.1) is 0 Å². The molecule has 0 atom stereocenters. The maximum absolute atomic E-state index is 13.4. The standard InChI is InChI=1S/C29H41ClN2O2/c1-29(2,3)21-32(28(34)25-10-14-26(30)15-11-25)27-16-12-24(13-17-27)23-8-6-22(7-9-23)20-31(4)18-5-19-33/h6-11,14-15,24,27,33H,5,12-13,16-21H2,1-4H3. The van der Waals surface area contributed by atoms with Crippen LogP contribution in [-0.4, -0.2) is 53.6 Å². The van der Waals surface area contributed by atoms with Crippen LogP contribution in [0, 0.1) is 5.41 Å². The summed E-state index contributed by atoms with van der Waals surface area (Å²) in [6, 6.07) is 16.6. The number of hydrogen-bond donors (Lipinski definition) is 1. The van der Waals surface area contributed by atoms with E-state index < -0.39 is 0 Å². The summed E-state index contributed by atoms with van der Waals surface area (Å²) in [4.78, 5) is 17.8. The second-order valence-electron chi connectivity index (χ2n) is 11.1. The lowest BCUT2D eigenvalue weighted by atomic mass is 9.80. The molecule has 2 aromatic carbocycles. The van der Waals surface area contributed by atoms with Gasteiger partial charge in [0, 0.05) is 42.9 Å². The van der Waals surface area contributed by atoms with Crippen LogP contribution in [0.3, 0.4) is 0 Å². The number of amides is 1. The Hall–Kier alpha value is -1.88. The van der Waals surface area contributed by atoms with Gasteiger partial charge in [0.1, 0.15) is 0 Å². The number of halogens is 1. The monoisotopic (exact) mass is 484 g/mol. The Kier molecular flexibility index (Phi) is 9.58. The SMILES string of the molecule is CN(CCCO)Cc1ccc(C2CCC(N(CC(C)(C)C)C(=O)c3ccc(Cl)cc3)CC2)cc1. The molecule has 0 spiro atoms. The van der Waals surface area contributed by atoms with Gasteiger partial charge >= 0.3 is 0 Å². The summed E-state index contributed by atoms with van der Waals surface area (Å²) in [5, 5.41) is 9.67. The minimum Gasteiger partial charge on any atom is -0.396 e. The van der Waals surface area contributed by atoms with Crippen molar-refractivity contribution in [3.8, 4) is 0 Å². The van der Waals surface area contributed by atoms with Crippen LogP contribution in [0.1, 0.15) is 80.3 Å². The van der Waals surface area contributed by atoms with Crippen LogP contribution in [0.15, 0.2) is 48.5 Å². The van der Waals surface area contributed by atoms with Gasteiger partial charge in [-0.25, -0.2) is 0 Å². The number of aliphatic hydroxyl groups is 1. The summed E-state index contributed by atoms with van der Waals surface area (Å²) in [5.74, 6) is 0.671. The summed E-state index contributed by atoms with van der Waals surface area (Å²) in [7, 11) is 2.10. The van der Waals surface area contributed by atoms with Crippen molar-refractivity contribution in [2.24, 2.45) is 5.41 Å². The number of carbonyl (C=O) groups is 1. The van der Waals surface area contributed by atoms with Gasteiger partial charge in [-0.2, -0.15) is 0 Å². The topological polar surface area (TPSA) is 43.8 Å². The molecule has 0 radical (unpaired) electrons. The summed E-state index contributed by atoms with van der Waals surface area (Å²) >= 11 is 6.04. The lowest BCUT2D eigenvalue weighted by molar-refractivity contribution is 0.0534. The van der Waals surface area contributed by atoms with Crippen molar-refractivity contribution in [1.29, 1.82) is 0 Å². The summed E-state index contributed by atoms with van der Waals surface area (Å²) in [5.41, 5.74) is 3.48. The van der Waals surface area contributed by atoms with Gasteiger partial charge in [-0.15, -0.1) is 0 Å². The lowest BCUT2D eigenvalue weighted by Gasteiger charge is -2.40. The van der Waals surface area contributed by atoms with Crippen molar-refractivity contribution in [1.82, 2.24) is 9.80 Å². The smallest absolute Gasteiger partial charge is 0.254 e. The van der Waals surface area contributed by atoms with E-state index in [1.54, 1.807) is 12.1 Å². The van der Waals surface area contributed by atoms with Gasteiger partial charge in [0.15, 0.2) is 0 Å². The molecule has 0 aromatic heterocycles. The minimum atomic E-state index is 0.0408. The van der Waals surface area contributed by atoms with Crippen molar-refractivity contribution in [2.45, 2.75) is 71.4 Å². The molecule has 0 bridgehead atoms. The van der Waals surface area contributed by atoms with Crippen molar-refractivity contribution >= 4 is 17.5 Å². The Labute approximate surface area is 210 Å². The highest BCUT2D eigenvalue weighted by Gasteiger charge is 2.32. The van der Waals surface area contributed by atoms with Gasteiger partial charge in [0.2, 0.25) is 0 Å². The van der Waals surface area contributed by atoms with Gasteiger partial charge in [0.25, 0.3) is 5.91 Å². The van der Waals surface area contributed by atoms with Crippen LogP contribution >= 0.6 is 11.6 Å². The molecule has 1 N–H and O–H groups in total. The van der Waals surface area contributed by atoms with E-state index in [1.807, 2.05) is 12.1 Å². The highest BCUT2D eigenvalue weighted by Crippen LogP contribution is 2.36. The number of carbonyl (C=O) groups excluding carboxylic acids is 1. The minimum absolute atomic E-state index is 0.0408. The first-order valence-electron chi connectivity index (χ1n) is 12.6. The Morgan fingerprint density at radius 3 is 2.18 bits per heavy atom. The molecule has 2 aromatic rings. The third-order valence-electron chi connectivity index (χ3n) is 6.74. The largest absolute Gasteiger partial charge is 0.396 e. The van der Waals surface area contributed by atoms with Crippen molar-refractivity contribution in [3.63, 3.8) is 0 Å². The van der Waals surface area contributed by atoms with Crippen LogP contribution in [0.2, 0.25) is 5.02 Å². The molecule has 1 saturated carbocycles. The Morgan fingerprint density at radius 1 is 1.00 bits per heavy atom. The fourth-order valence-corrected chi connectivity index (χ4v) is 5.11. The second-order valence-corrected chi connectivity index (χ2v) is 11.5. The maximum Gasteiger partial charge on any atom is 0.254 e. The molecular formula is C29H41ClN2O2. The Balaban J connectivity index is 1.62. The average Bonchev–Trinajstić information content (AvgIpc) is 2.81. The normalized spacial score (nSPS) is 18.8. The molecule has 34 heavy (non-hydrogen) atoms. The third-order valence-corrected chi connectivity index (χ3v) is 6.99. The predicted molar refractivity (Wildman–Crippen MR) is 141 cm³/mol. The molecule has 3 rings (SSSR count). The molecule has 186 valence electrons. The summed E-state index contributed by atoms with van der Waals surface area (Å²) < 4.78 is 0. The molecular weight excluding hydrogens is 444 g/mol. The van der Waals surface area contributed by atoms with Crippen LogP contribution in [0.5, 0.6) is 0 Å². The molecule has 1 fully saturated rings. The number of rotatable bonds is 9. The van der Waals surface area contributed by atoms with Crippen LogP contribution in [0.25, 0.3) is 0 Å².